The van der Waals surface area contributed by atoms with E-state index in [0.29, 0.717) is 18.2 Å². The van der Waals surface area contributed by atoms with E-state index in [1.165, 1.54) is 0 Å². The Bertz CT molecular complexity index is 493. The first-order valence-corrected chi connectivity index (χ1v) is 6.21. The number of rotatable bonds is 3. The summed E-state index contributed by atoms with van der Waals surface area (Å²) in [6.07, 6.45) is 0. The summed E-state index contributed by atoms with van der Waals surface area (Å²) in [5, 5.41) is 0. The van der Waals surface area contributed by atoms with Crippen LogP contribution in [0.1, 0.15) is 11.5 Å². The van der Waals surface area contributed by atoms with E-state index in [4.69, 9.17) is 10.5 Å². The Morgan fingerprint density at radius 2 is 1.94 bits per heavy atom. The van der Waals surface area contributed by atoms with Crippen molar-refractivity contribution >= 4 is 28.4 Å². The normalized spacial score (nSPS) is 10.2. The molecule has 5 heteroatoms. The molecule has 2 rings (SSSR count). The molecule has 2 aromatic rings. The second-order valence-electron chi connectivity index (χ2n) is 3.53. The molecule has 0 amide bonds. The van der Waals surface area contributed by atoms with Gasteiger partial charge >= 0.3 is 0 Å². The van der Waals surface area contributed by atoms with Crippen molar-refractivity contribution < 1.29 is 4.74 Å². The molecule has 0 atom stereocenters. The standard InChI is InChI=1S/C12H12IN3O/c1-8-11(13)12(14)16-10(15-8)7-17-9-5-3-2-4-6-9/h2-6H,7H2,1H3,(H2,14,15,16). The van der Waals surface area contributed by atoms with Crippen LogP contribution in [0.3, 0.4) is 0 Å². The third kappa shape index (κ3) is 3.06. The summed E-state index contributed by atoms with van der Waals surface area (Å²) in [5.41, 5.74) is 6.66. The molecule has 0 fully saturated rings. The Morgan fingerprint density at radius 1 is 1.24 bits per heavy atom. The summed E-state index contributed by atoms with van der Waals surface area (Å²) >= 11 is 2.13. The molecule has 1 aromatic heterocycles. The molecule has 0 aliphatic heterocycles. The van der Waals surface area contributed by atoms with Crippen LogP contribution in [-0.4, -0.2) is 9.97 Å². The van der Waals surface area contributed by atoms with Crippen LogP contribution in [0.4, 0.5) is 5.82 Å². The van der Waals surface area contributed by atoms with Crippen molar-refractivity contribution in [3.05, 3.63) is 45.4 Å². The van der Waals surface area contributed by atoms with Crippen molar-refractivity contribution in [2.45, 2.75) is 13.5 Å². The van der Waals surface area contributed by atoms with Gasteiger partial charge in [0.1, 0.15) is 18.2 Å². The molecule has 0 saturated heterocycles. The minimum Gasteiger partial charge on any atom is -0.486 e. The fourth-order valence-electron chi connectivity index (χ4n) is 1.37. The van der Waals surface area contributed by atoms with E-state index in [1.807, 2.05) is 37.3 Å². The van der Waals surface area contributed by atoms with Crippen molar-refractivity contribution in [2.75, 3.05) is 5.73 Å². The van der Waals surface area contributed by atoms with E-state index < -0.39 is 0 Å². The molecule has 2 N–H and O–H groups in total. The number of benzene rings is 1. The quantitative estimate of drug-likeness (QED) is 0.872. The van der Waals surface area contributed by atoms with E-state index in [9.17, 15) is 0 Å². The molecule has 4 nitrogen and oxygen atoms in total. The highest BCUT2D eigenvalue weighted by atomic mass is 127. The summed E-state index contributed by atoms with van der Waals surface area (Å²) in [5.74, 6) is 1.90. The predicted octanol–water partition coefficient (Wildman–Crippen LogP) is 2.55. The van der Waals surface area contributed by atoms with Gasteiger partial charge in [0.15, 0.2) is 5.82 Å². The van der Waals surface area contributed by atoms with Crippen molar-refractivity contribution in [2.24, 2.45) is 0 Å². The SMILES string of the molecule is Cc1nc(COc2ccccc2)nc(N)c1I. The predicted molar refractivity (Wildman–Crippen MR) is 74.7 cm³/mol. The lowest BCUT2D eigenvalue weighted by Gasteiger charge is -2.07. The van der Waals surface area contributed by atoms with Gasteiger partial charge in [0.05, 0.1) is 9.26 Å². The highest BCUT2D eigenvalue weighted by Crippen LogP contribution is 2.16. The van der Waals surface area contributed by atoms with Gasteiger partial charge in [0.25, 0.3) is 0 Å². The topological polar surface area (TPSA) is 61.0 Å². The molecule has 0 aliphatic rings. The summed E-state index contributed by atoms with van der Waals surface area (Å²) in [6.45, 7) is 2.23. The smallest absolute Gasteiger partial charge is 0.168 e. The van der Waals surface area contributed by atoms with Crippen molar-refractivity contribution in [1.82, 2.24) is 9.97 Å². The third-order valence-electron chi connectivity index (χ3n) is 2.20. The molecular formula is C12H12IN3O. The van der Waals surface area contributed by atoms with Crippen LogP contribution < -0.4 is 10.5 Å². The first-order chi connectivity index (χ1) is 8.16. The number of para-hydroxylation sites is 1. The first-order valence-electron chi connectivity index (χ1n) is 5.13. The number of nitrogen functional groups attached to an aromatic ring is 1. The molecule has 17 heavy (non-hydrogen) atoms. The number of nitrogens with two attached hydrogens (primary N) is 1. The van der Waals surface area contributed by atoms with Gasteiger partial charge in [-0.1, -0.05) is 18.2 Å². The number of ether oxygens (including phenoxy) is 1. The molecule has 1 heterocycles. The van der Waals surface area contributed by atoms with E-state index in [1.54, 1.807) is 0 Å². The lowest BCUT2D eigenvalue weighted by atomic mass is 10.3. The fraction of sp³-hybridized carbons (Fsp3) is 0.167. The Kier molecular flexibility index (Phi) is 3.78. The zero-order valence-corrected chi connectivity index (χ0v) is 11.5. The second kappa shape index (κ2) is 5.31. The number of aromatic nitrogens is 2. The average molecular weight is 341 g/mol. The average Bonchev–Trinajstić information content (AvgIpc) is 2.34. The Hall–Kier alpha value is -1.37. The molecule has 0 saturated carbocycles. The summed E-state index contributed by atoms with van der Waals surface area (Å²) in [6, 6.07) is 9.57. The van der Waals surface area contributed by atoms with Gasteiger partial charge in [-0.2, -0.15) is 0 Å². The maximum atomic E-state index is 5.78. The van der Waals surface area contributed by atoms with Crippen LogP contribution in [0, 0.1) is 10.5 Å². The van der Waals surface area contributed by atoms with Crippen LogP contribution in [-0.2, 0) is 6.61 Å². The lowest BCUT2D eigenvalue weighted by molar-refractivity contribution is 0.295. The minimum absolute atomic E-state index is 0.325. The Labute approximate surface area is 113 Å². The van der Waals surface area contributed by atoms with Gasteiger partial charge in [-0.15, -0.1) is 0 Å². The van der Waals surface area contributed by atoms with Crippen LogP contribution in [0.2, 0.25) is 0 Å². The molecule has 0 spiro atoms. The highest BCUT2D eigenvalue weighted by Gasteiger charge is 2.06. The van der Waals surface area contributed by atoms with Crippen molar-refractivity contribution in [3.63, 3.8) is 0 Å². The fourth-order valence-corrected chi connectivity index (χ4v) is 1.61. The van der Waals surface area contributed by atoms with Gasteiger partial charge in [0, 0.05) is 0 Å². The number of anilines is 1. The monoisotopic (exact) mass is 341 g/mol. The lowest BCUT2D eigenvalue weighted by Crippen LogP contribution is -2.07. The molecule has 1 aromatic carbocycles. The van der Waals surface area contributed by atoms with E-state index in [-0.39, 0.29) is 0 Å². The van der Waals surface area contributed by atoms with Gasteiger partial charge in [-0.05, 0) is 41.6 Å². The highest BCUT2D eigenvalue weighted by molar-refractivity contribution is 14.1. The zero-order chi connectivity index (χ0) is 12.3. The van der Waals surface area contributed by atoms with Crippen LogP contribution in [0.15, 0.2) is 30.3 Å². The molecule has 0 unspecified atom stereocenters. The molecular weight excluding hydrogens is 329 g/mol. The maximum Gasteiger partial charge on any atom is 0.168 e. The van der Waals surface area contributed by atoms with E-state index >= 15 is 0 Å². The van der Waals surface area contributed by atoms with Gasteiger partial charge < -0.3 is 10.5 Å². The van der Waals surface area contributed by atoms with Gasteiger partial charge in [-0.25, -0.2) is 9.97 Å². The maximum absolute atomic E-state index is 5.78. The Balaban J connectivity index is 2.10. The Morgan fingerprint density at radius 3 is 2.59 bits per heavy atom. The largest absolute Gasteiger partial charge is 0.486 e. The van der Waals surface area contributed by atoms with E-state index in [2.05, 4.69) is 32.6 Å². The molecule has 0 radical (unpaired) electrons. The van der Waals surface area contributed by atoms with Crippen molar-refractivity contribution in [1.29, 1.82) is 0 Å². The van der Waals surface area contributed by atoms with Crippen LogP contribution in [0.25, 0.3) is 0 Å². The summed E-state index contributed by atoms with van der Waals surface area (Å²) in [7, 11) is 0. The van der Waals surface area contributed by atoms with Gasteiger partial charge in [0.2, 0.25) is 0 Å². The van der Waals surface area contributed by atoms with Crippen LogP contribution >= 0.6 is 22.6 Å². The number of aryl methyl sites for hydroxylation is 1. The number of halogens is 1. The third-order valence-corrected chi connectivity index (χ3v) is 3.53. The second-order valence-corrected chi connectivity index (χ2v) is 4.60. The summed E-state index contributed by atoms with van der Waals surface area (Å²) < 4.78 is 6.45. The summed E-state index contributed by atoms with van der Waals surface area (Å²) in [4.78, 5) is 8.51. The molecule has 88 valence electrons. The number of hydrogen-bond acceptors (Lipinski definition) is 4. The van der Waals surface area contributed by atoms with E-state index in [0.717, 1.165) is 15.0 Å². The van der Waals surface area contributed by atoms with Crippen LogP contribution in [0.5, 0.6) is 5.75 Å². The zero-order valence-electron chi connectivity index (χ0n) is 9.35. The number of nitrogens with zero attached hydrogens (tertiary/aromatic N) is 2. The molecule has 0 aliphatic carbocycles. The first kappa shape index (κ1) is 12.1. The number of hydrogen-bond donors (Lipinski definition) is 1. The van der Waals surface area contributed by atoms with Gasteiger partial charge in [-0.3, -0.25) is 0 Å². The molecule has 0 bridgehead atoms. The minimum atomic E-state index is 0.325. The van der Waals surface area contributed by atoms with Crippen molar-refractivity contribution in [3.8, 4) is 5.75 Å².